The van der Waals surface area contributed by atoms with Gasteiger partial charge in [0.1, 0.15) is 0 Å². The van der Waals surface area contributed by atoms with Gasteiger partial charge in [-0.1, -0.05) is 11.3 Å². The number of amides is 2. The number of aromatic nitrogens is 1. The monoisotopic (exact) mass is 358 g/mol. The first-order valence-corrected chi connectivity index (χ1v) is 8.45. The van der Waals surface area contributed by atoms with Crippen molar-refractivity contribution in [2.75, 3.05) is 37.6 Å². The molecule has 0 saturated carbocycles. The minimum Gasteiger partial charge on any atom is -0.345 e. The Balaban J connectivity index is 1.73. The molecule has 5 nitrogen and oxygen atoms in total. The lowest BCUT2D eigenvalue weighted by atomic mass is 10.2. The second kappa shape index (κ2) is 6.46. The van der Waals surface area contributed by atoms with Crippen molar-refractivity contribution < 1.29 is 18.0 Å². The number of fused-ring (bicyclic) bond motifs is 1. The lowest BCUT2D eigenvalue weighted by molar-refractivity contribution is -0.137. The molecule has 2 amide bonds. The van der Waals surface area contributed by atoms with Crippen LogP contribution in [0.25, 0.3) is 10.2 Å². The highest BCUT2D eigenvalue weighted by Crippen LogP contribution is 2.35. The van der Waals surface area contributed by atoms with E-state index >= 15 is 0 Å². The van der Waals surface area contributed by atoms with E-state index in [1.165, 1.54) is 17.4 Å². The van der Waals surface area contributed by atoms with Crippen molar-refractivity contribution in [2.45, 2.75) is 13.1 Å². The highest BCUT2D eigenvalue weighted by atomic mass is 32.1. The van der Waals surface area contributed by atoms with Crippen LogP contribution in [-0.4, -0.2) is 48.6 Å². The summed E-state index contributed by atoms with van der Waals surface area (Å²) in [5.41, 5.74) is -0.330. The number of rotatable bonds is 2. The summed E-state index contributed by atoms with van der Waals surface area (Å²) in [5, 5.41) is 3.45. The van der Waals surface area contributed by atoms with Gasteiger partial charge in [-0.15, -0.1) is 0 Å². The molecule has 0 atom stereocenters. The molecule has 130 valence electrons. The van der Waals surface area contributed by atoms with Crippen LogP contribution in [0.5, 0.6) is 0 Å². The molecule has 0 unspecified atom stereocenters. The molecule has 3 rings (SSSR count). The van der Waals surface area contributed by atoms with Gasteiger partial charge in [0.2, 0.25) is 0 Å². The standard InChI is InChI=1S/C15H17F3N4OS/c1-2-19-13(23)21-5-7-22(8-6-21)14-20-11-9-10(15(16,17)18)3-4-12(11)24-14/h3-4,9H,2,5-8H2,1H3,(H,19,23). The first kappa shape index (κ1) is 16.8. The van der Waals surface area contributed by atoms with Crippen LogP contribution in [0.2, 0.25) is 0 Å². The minimum absolute atomic E-state index is 0.0868. The molecule has 2 aromatic rings. The van der Waals surface area contributed by atoms with E-state index in [0.29, 0.717) is 43.4 Å². The van der Waals surface area contributed by atoms with Crippen LogP contribution in [0.1, 0.15) is 12.5 Å². The van der Waals surface area contributed by atoms with Gasteiger partial charge in [-0.3, -0.25) is 0 Å². The van der Waals surface area contributed by atoms with Crippen molar-refractivity contribution in [2.24, 2.45) is 0 Å². The molecule has 0 bridgehead atoms. The lowest BCUT2D eigenvalue weighted by Crippen LogP contribution is -2.51. The number of piperazine rings is 1. The molecular formula is C15H17F3N4OS. The van der Waals surface area contributed by atoms with Crippen LogP contribution in [0.4, 0.5) is 23.1 Å². The third-order valence-electron chi connectivity index (χ3n) is 3.87. The fraction of sp³-hybridized carbons (Fsp3) is 0.467. The number of carbonyl (C=O) groups is 1. The maximum atomic E-state index is 12.8. The molecule has 0 aliphatic carbocycles. The summed E-state index contributed by atoms with van der Waals surface area (Å²) >= 11 is 1.37. The zero-order valence-corrected chi connectivity index (χ0v) is 13.9. The van der Waals surface area contributed by atoms with Crippen molar-refractivity contribution in [1.29, 1.82) is 0 Å². The molecule has 9 heteroatoms. The topological polar surface area (TPSA) is 48.5 Å². The van der Waals surface area contributed by atoms with Crippen LogP contribution >= 0.6 is 11.3 Å². The molecule has 1 aromatic heterocycles. The highest BCUT2D eigenvalue weighted by molar-refractivity contribution is 7.22. The van der Waals surface area contributed by atoms with Gasteiger partial charge < -0.3 is 15.1 Å². The number of nitrogens with zero attached hydrogens (tertiary/aromatic N) is 3. The maximum absolute atomic E-state index is 12.8. The molecule has 1 aromatic carbocycles. The zero-order valence-electron chi connectivity index (χ0n) is 13.1. The Bertz CT molecular complexity index is 738. The molecule has 0 radical (unpaired) electrons. The van der Waals surface area contributed by atoms with Crippen LogP contribution < -0.4 is 10.2 Å². The van der Waals surface area contributed by atoms with Gasteiger partial charge in [0.15, 0.2) is 5.13 Å². The second-order valence-electron chi connectivity index (χ2n) is 5.49. The van der Waals surface area contributed by atoms with Gasteiger partial charge in [-0.2, -0.15) is 13.2 Å². The summed E-state index contributed by atoms with van der Waals surface area (Å²) < 4.78 is 39.1. The van der Waals surface area contributed by atoms with Crippen LogP contribution in [0.15, 0.2) is 18.2 Å². The Labute approximate surface area is 141 Å². The number of halogens is 3. The number of nitrogens with one attached hydrogen (secondary N) is 1. The van der Waals surface area contributed by atoms with Gasteiger partial charge in [0.25, 0.3) is 0 Å². The third kappa shape index (κ3) is 3.40. The van der Waals surface area contributed by atoms with E-state index in [4.69, 9.17) is 0 Å². The molecule has 1 aliphatic rings. The Kier molecular flexibility index (Phi) is 4.53. The molecule has 1 N–H and O–H groups in total. The molecular weight excluding hydrogens is 341 g/mol. The molecule has 1 fully saturated rings. The van der Waals surface area contributed by atoms with E-state index in [1.54, 1.807) is 4.90 Å². The molecule has 24 heavy (non-hydrogen) atoms. The molecule has 1 saturated heterocycles. The van der Waals surface area contributed by atoms with Crippen LogP contribution in [0.3, 0.4) is 0 Å². The fourth-order valence-electron chi connectivity index (χ4n) is 2.59. The number of alkyl halides is 3. The van der Waals surface area contributed by atoms with Crippen molar-refractivity contribution >= 4 is 32.7 Å². The number of urea groups is 1. The number of thiazole rings is 1. The van der Waals surface area contributed by atoms with Gasteiger partial charge in [-0.05, 0) is 25.1 Å². The van der Waals surface area contributed by atoms with E-state index in [1.807, 2.05) is 11.8 Å². The average Bonchev–Trinajstić information content (AvgIpc) is 2.97. The van der Waals surface area contributed by atoms with Crippen LogP contribution in [0, 0.1) is 0 Å². The summed E-state index contributed by atoms with van der Waals surface area (Å²) in [4.78, 5) is 19.9. The smallest absolute Gasteiger partial charge is 0.345 e. The lowest BCUT2D eigenvalue weighted by Gasteiger charge is -2.34. The zero-order chi connectivity index (χ0) is 17.3. The Morgan fingerprint density at radius 3 is 2.62 bits per heavy atom. The van der Waals surface area contributed by atoms with Gasteiger partial charge >= 0.3 is 12.2 Å². The van der Waals surface area contributed by atoms with Crippen molar-refractivity contribution in [3.8, 4) is 0 Å². The largest absolute Gasteiger partial charge is 0.416 e. The molecule has 1 aliphatic heterocycles. The van der Waals surface area contributed by atoms with Gasteiger partial charge in [0, 0.05) is 32.7 Å². The minimum atomic E-state index is -4.36. The van der Waals surface area contributed by atoms with E-state index in [9.17, 15) is 18.0 Å². The van der Waals surface area contributed by atoms with E-state index in [-0.39, 0.29) is 6.03 Å². The third-order valence-corrected chi connectivity index (χ3v) is 4.97. The number of hydrogen-bond donors (Lipinski definition) is 1. The number of hydrogen-bond acceptors (Lipinski definition) is 4. The molecule has 2 heterocycles. The van der Waals surface area contributed by atoms with E-state index < -0.39 is 11.7 Å². The van der Waals surface area contributed by atoms with Gasteiger partial charge in [0.05, 0.1) is 15.8 Å². The number of carbonyl (C=O) groups excluding carboxylic acids is 1. The van der Waals surface area contributed by atoms with Crippen molar-refractivity contribution in [3.63, 3.8) is 0 Å². The van der Waals surface area contributed by atoms with Crippen LogP contribution in [-0.2, 0) is 6.18 Å². The van der Waals surface area contributed by atoms with Crippen molar-refractivity contribution in [3.05, 3.63) is 23.8 Å². The summed E-state index contributed by atoms with van der Waals surface area (Å²) in [6.07, 6.45) is -4.36. The first-order valence-electron chi connectivity index (χ1n) is 7.64. The van der Waals surface area contributed by atoms with E-state index in [2.05, 4.69) is 10.3 Å². The normalized spacial score (nSPS) is 15.8. The Morgan fingerprint density at radius 2 is 2.00 bits per heavy atom. The summed E-state index contributed by atoms with van der Waals surface area (Å²) in [5.74, 6) is 0. The first-order chi connectivity index (χ1) is 11.4. The second-order valence-corrected chi connectivity index (χ2v) is 6.50. The summed E-state index contributed by atoms with van der Waals surface area (Å²) in [6.45, 7) is 4.81. The predicted octanol–water partition coefficient (Wildman–Crippen LogP) is 3.17. The number of benzene rings is 1. The fourth-order valence-corrected chi connectivity index (χ4v) is 3.59. The highest BCUT2D eigenvalue weighted by Gasteiger charge is 2.31. The van der Waals surface area contributed by atoms with Crippen molar-refractivity contribution in [1.82, 2.24) is 15.2 Å². The van der Waals surface area contributed by atoms with E-state index in [0.717, 1.165) is 16.8 Å². The number of anilines is 1. The Hall–Kier alpha value is -2.03. The SMILES string of the molecule is CCNC(=O)N1CCN(c2nc3cc(C(F)(F)F)ccc3s2)CC1. The average molecular weight is 358 g/mol. The van der Waals surface area contributed by atoms with Gasteiger partial charge in [-0.25, -0.2) is 9.78 Å². The maximum Gasteiger partial charge on any atom is 0.416 e. The summed E-state index contributed by atoms with van der Waals surface area (Å²) in [6, 6.07) is 3.54. The predicted molar refractivity (Wildman–Crippen MR) is 87.5 cm³/mol. The Morgan fingerprint density at radius 1 is 1.29 bits per heavy atom. The molecule has 0 spiro atoms. The summed E-state index contributed by atoms with van der Waals surface area (Å²) in [7, 11) is 0. The quantitative estimate of drug-likeness (QED) is 0.897.